The van der Waals surface area contributed by atoms with Crippen molar-refractivity contribution < 1.29 is 14.3 Å². The number of ketones is 2. The van der Waals surface area contributed by atoms with Crippen molar-refractivity contribution in [1.29, 1.82) is 0 Å². The fourth-order valence-electron chi connectivity index (χ4n) is 4.20. The number of hydrogen-bond acceptors (Lipinski definition) is 6. The number of benzene rings is 2. The van der Waals surface area contributed by atoms with Gasteiger partial charge in [-0.25, -0.2) is 0 Å². The molecule has 212 valence electrons. The normalized spacial score (nSPS) is 14.8. The smallest absolute Gasteiger partial charge is 0.149 e. The summed E-state index contributed by atoms with van der Waals surface area (Å²) in [6.07, 6.45) is 5.43. The van der Waals surface area contributed by atoms with Gasteiger partial charge >= 0.3 is 0 Å². The number of hydrogen-bond donors (Lipinski definition) is 3. The van der Waals surface area contributed by atoms with Gasteiger partial charge in [0.25, 0.3) is 0 Å². The van der Waals surface area contributed by atoms with E-state index in [1.54, 1.807) is 14.0 Å². The van der Waals surface area contributed by atoms with Gasteiger partial charge in [0.05, 0.1) is 12.1 Å². The largest absolute Gasteiger partial charge is 0.381 e. The van der Waals surface area contributed by atoms with E-state index in [9.17, 15) is 9.59 Å². The van der Waals surface area contributed by atoms with Crippen LogP contribution in [-0.2, 0) is 27.2 Å². The van der Waals surface area contributed by atoms with Gasteiger partial charge in [-0.3, -0.25) is 9.59 Å². The second kappa shape index (κ2) is 20.2. The maximum absolute atomic E-state index is 12.2. The number of Topliss-reactive ketones (excluding diaryl/α,β-unsaturated/α-hetero) is 2. The zero-order valence-electron chi connectivity index (χ0n) is 23.3. The maximum Gasteiger partial charge on any atom is 0.149 e. The van der Waals surface area contributed by atoms with Crippen LogP contribution in [0.2, 0.25) is 10.0 Å². The highest BCUT2D eigenvalue weighted by Crippen LogP contribution is 2.18. The molecule has 0 amide bonds. The van der Waals surface area contributed by atoms with Gasteiger partial charge in [0.15, 0.2) is 0 Å². The van der Waals surface area contributed by atoms with Crippen molar-refractivity contribution in [2.24, 2.45) is 11.7 Å². The predicted octanol–water partition coefficient (Wildman–Crippen LogP) is 5.27. The molecular weight excluding hydrogens is 521 g/mol. The van der Waals surface area contributed by atoms with E-state index in [0.29, 0.717) is 12.8 Å². The summed E-state index contributed by atoms with van der Waals surface area (Å²) in [5.41, 5.74) is 6.76. The minimum atomic E-state index is -0.101. The first-order valence-corrected chi connectivity index (χ1v) is 14.2. The quantitative estimate of drug-likeness (QED) is 0.324. The summed E-state index contributed by atoms with van der Waals surface area (Å²) in [4.78, 5) is 23.3. The van der Waals surface area contributed by atoms with Crippen molar-refractivity contribution in [2.45, 2.75) is 64.5 Å². The molecule has 0 aromatic heterocycles. The molecule has 1 aliphatic rings. The van der Waals surface area contributed by atoms with Crippen LogP contribution in [0.25, 0.3) is 0 Å². The van der Waals surface area contributed by atoms with Crippen LogP contribution in [0, 0.1) is 5.92 Å². The van der Waals surface area contributed by atoms with E-state index in [-0.39, 0.29) is 23.7 Å². The molecule has 1 saturated heterocycles. The number of rotatable bonds is 12. The van der Waals surface area contributed by atoms with Gasteiger partial charge in [-0.1, -0.05) is 54.4 Å². The van der Waals surface area contributed by atoms with Crippen LogP contribution < -0.4 is 16.4 Å². The highest BCUT2D eigenvalue weighted by Gasteiger charge is 2.18. The van der Waals surface area contributed by atoms with E-state index in [1.165, 1.54) is 7.05 Å². The number of carbonyl (C=O) groups excluding carboxylic acids is 2. The Morgan fingerprint density at radius 3 is 1.82 bits per heavy atom. The lowest BCUT2D eigenvalue weighted by Crippen LogP contribution is -2.39. The molecule has 0 aliphatic carbocycles. The zero-order valence-corrected chi connectivity index (χ0v) is 24.8. The predicted molar refractivity (Wildman–Crippen MR) is 159 cm³/mol. The minimum Gasteiger partial charge on any atom is -0.381 e. The third-order valence-electron chi connectivity index (χ3n) is 6.57. The molecule has 2 atom stereocenters. The van der Waals surface area contributed by atoms with E-state index >= 15 is 0 Å². The van der Waals surface area contributed by atoms with Crippen LogP contribution in [0.3, 0.4) is 0 Å². The molecule has 38 heavy (non-hydrogen) atoms. The van der Waals surface area contributed by atoms with Crippen molar-refractivity contribution in [3.05, 3.63) is 69.7 Å². The molecule has 6 nitrogen and oxygen atoms in total. The first kappa shape index (κ1) is 34.2. The molecule has 1 aliphatic heterocycles. The summed E-state index contributed by atoms with van der Waals surface area (Å²) >= 11 is 11.7. The fraction of sp³-hybridized carbons (Fsp3) is 0.533. The molecule has 0 radical (unpaired) electrons. The van der Waals surface area contributed by atoms with Crippen molar-refractivity contribution in [2.75, 3.05) is 33.9 Å². The Kier molecular flexibility index (Phi) is 18.2. The second-order valence-electron chi connectivity index (χ2n) is 9.28. The number of likely N-dealkylation sites (N-methyl/N-ethyl adjacent to an activating group) is 1. The molecule has 0 spiro atoms. The SMILES string of the molecule is CCC(=O)[C@@H](Cc1ccc(Cl)cc1)NCCC1CCOCC1.CN.CN[C@H](Cc1ccc(Cl)cc1)C(C)=O. The van der Waals surface area contributed by atoms with E-state index in [0.717, 1.165) is 72.5 Å². The topological polar surface area (TPSA) is 93.4 Å². The van der Waals surface area contributed by atoms with Gasteiger partial charge < -0.3 is 21.1 Å². The first-order chi connectivity index (χ1) is 18.3. The molecule has 8 heteroatoms. The summed E-state index contributed by atoms with van der Waals surface area (Å²) in [5.74, 6) is 1.17. The summed E-state index contributed by atoms with van der Waals surface area (Å²) in [6, 6.07) is 15.1. The Bertz CT molecular complexity index is 917. The lowest BCUT2D eigenvalue weighted by atomic mass is 9.95. The van der Waals surface area contributed by atoms with E-state index < -0.39 is 0 Å². The zero-order chi connectivity index (χ0) is 28.3. The Balaban J connectivity index is 0.000000389. The van der Waals surface area contributed by atoms with Gasteiger partial charge in [-0.2, -0.15) is 0 Å². The molecule has 2 aromatic rings. The Labute approximate surface area is 239 Å². The number of carbonyl (C=O) groups is 2. The van der Waals surface area contributed by atoms with Crippen molar-refractivity contribution in [3.8, 4) is 0 Å². The molecule has 0 unspecified atom stereocenters. The van der Waals surface area contributed by atoms with Crippen LogP contribution in [-0.4, -0.2) is 57.5 Å². The van der Waals surface area contributed by atoms with Gasteiger partial charge in [0.2, 0.25) is 0 Å². The summed E-state index contributed by atoms with van der Waals surface area (Å²) in [6.45, 7) is 6.18. The number of nitrogens with one attached hydrogen (secondary N) is 2. The van der Waals surface area contributed by atoms with E-state index in [2.05, 4.69) is 16.4 Å². The minimum absolute atomic E-state index is 0.0917. The highest BCUT2D eigenvalue weighted by molar-refractivity contribution is 6.30. The average Bonchev–Trinajstić information content (AvgIpc) is 2.94. The molecule has 1 heterocycles. The lowest BCUT2D eigenvalue weighted by Gasteiger charge is -2.23. The fourth-order valence-corrected chi connectivity index (χ4v) is 4.46. The summed E-state index contributed by atoms with van der Waals surface area (Å²) < 4.78 is 5.39. The number of halogens is 2. The first-order valence-electron chi connectivity index (χ1n) is 13.4. The standard InChI is InChI=1S/C18H26ClNO2.C11H14ClNO.CH5N/c1-2-18(21)17(13-15-3-5-16(19)6-4-15)20-10-7-14-8-11-22-12-9-14;1-8(14)11(13-2)7-9-3-5-10(12)6-4-9;1-2/h3-6,14,17,20H,2,7-13H2,1H3;3-6,11,13H,7H2,1-2H3;2H2,1H3/t17-;11-;/m11./s1. The third-order valence-corrected chi connectivity index (χ3v) is 7.07. The van der Waals surface area contributed by atoms with Crippen LogP contribution in [0.4, 0.5) is 0 Å². The second-order valence-corrected chi connectivity index (χ2v) is 10.2. The van der Waals surface area contributed by atoms with Crippen molar-refractivity contribution in [3.63, 3.8) is 0 Å². The highest BCUT2D eigenvalue weighted by atomic mass is 35.5. The molecule has 2 aromatic carbocycles. The van der Waals surface area contributed by atoms with Crippen LogP contribution in [0.5, 0.6) is 0 Å². The van der Waals surface area contributed by atoms with Crippen LogP contribution >= 0.6 is 23.2 Å². The molecule has 3 rings (SSSR count). The average molecular weight is 567 g/mol. The Morgan fingerprint density at radius 2 is 1.39 bits per heavy atom. The monoisotopic (exact) mass is 565 g/mol. The summed E-state index contributed by atoms with van der Waals surface area (Å²) in [7, 11) is 3.29. The molecule has 4 N–H and O–H groups in total. The van der Waals surface area contributed by atoms with Crippen LogP contribution in [0.1, 0.15) is 50.7 Å². The van der Waals surface area contributed by atoms with Crippen molar-refractivity contribution in [1.82, 2.24) is 10.6 Å². The molecule has 0 saturated carbocycles. The van der Waals surface area contributed by atoms with Gasteiger partial charge in [0, 0.05) is 29.7 Å². The lowest BCUT2D eigenvalue weighted by molar-refractivity contribution is -0.121. The van der Waals surface area contributed by atoms with E-state index in [4.69, 9.17) is 27.9 Å². The molecular formula is C30H45Cl2N3O3. The summed E-state index contributed by atoms with van der Waals surface area (Å²) in [5, 5.41) is 7.89. The molecule has 1 fully saturated rings. The van der Waals surface area contributed by atoms with Gasteiger partial charge in [-0.15, -0.1) is 0 Å². The van der Waals surface area contributed by atoms with Gasteiger partial charge in [-0.05, 0) is 101 Å². The van der Waals surface area contributed by atoms with Crippen molar-refractivity contribution >= 4 is 34.8 Å². The van der Waals surface area contributed by atoms with Crippen LogP contribution in [0.15, 0.2) is 48.5 Å². The van der Waals surface area contributed by atoms with E-state index in [1.807, 2.05) is 55.5 Å². The third kappa shape index (κ3) is 13.8. The van der Waals surface area contributed by atoms with Gasteiger partial charge in [0.1, 0.15) is 11.6 Å². The number of nitrogens with two attached hydrogens (primary N) is 1. The Hall–Kier alpha value is -1.80. The maximum atomic E-state index is 12.2. The Morgan fingerprint density at radius 1 is 0.921 bits per heavy atom. The molecule has 0 bridgehead atoms. The number of ether oxygens (including phenoxy) is 1.